The molecule has 2 heterocycles. The normalized spacial score (nSPS) is 11.5. The second-order valence-electron chi connectivity index (χ2n) is 4.38. The SMILES string of the molecule is Cc1ccc2c(Cl)nc(CC(C)C)n2c1. The van der Waals surface area contributed by atoms with Crippen molar-refractivity contribution in [3.63, 3.8) is 0 Å². The number of hydrogen-bond acceptors (Lipinski definition) is 1. The third-order valence-electron chi connectivity index (χ3n) is 2.40. The number of aryl methyl sites for hydroxylation is 1. The topological polar surface area (TPSA) is 17.3 Å². The summed E-state index contributed by atoms with van der Waals surface area (Å²) >= 11 is 6.08. The Balaban J connectivity index is 2.59. The fourth-order valence-electron chi connectivity index (χ4n) is 1.72. The molecule has 0 radical (unpaired) electrons. The number of pyridine rings is 1. The summed E-state index contributed by atoms with van der Waals surface area (Å²) in [6.45, 7) is 6.45. The van der Waals surface area contributed by atoms with Crippen LogP contribution in [0.2, 0.25) is 5.15 Å². The fourth-order valence-corrected chi connectivity index (χ4v) is 1.97. The predicted octanol–water partition coefficient (Wildman–Crippen LogP) is 3.49. The van der Waals surface area contributed by atoms with Gasteiger partial charge in [-0.3, -0.25) is 0 Å². The van der Waals surface area contributed by atoms with E-state index in [1.807, 2.05) is 6.07 Å². The number of aromatic nitrogens is 2. The summed E-state index contributed by atoms with van der Waals surface area (Å²) in [6.07, 6.45) is 3.04. The van der Waals surface area contributed by atoms with Crippen molar-refractivity contribution in [2.45, 2.75) is 27.2 Å². The van der Waals surface area contributed by atoms with Crippen LogP contribution in [0.15, 0.2) is 18.3 Å². The fraction of sp³-hybridized carbons (Fsp3) is 0.417. The van der Waals surface area contributed by atoms with E-state index in [0.29, 0.717) is 11.1 Å². The minimum Gasteiger partial charge on any atom is -0.302 e. The van der Waals surface area contributed by atoms with E-state index in [0.717, 1.165) is 17.8 Å². The van der Waals surface area contributed by atoms with E-state index in [9.17, 15) is 0 Å². The molecule has 0 bridgehead atoms. The molecule has 0 fully saturated rings. The first kappa shape index (κ1) is 10.5. The molecule has 2 rings (SSSR count). The van der Waals surface area contributed by atoms with Crippen LogP contribution in [-0.4, -0.2) is 9.38 Å². The summed E-state index contributed by atoms with van der Waals surface area (Å²) in [6, 6.07) is 4.08. The van der Waals surface area contributed by atoms with Crippen molar-refractivity contribution >= 4 is 17.1 Å². The lowest BCUT2D eigenvalue weighted by molar-refractivity contribution is 0.619. The number of rotatable bonds is 2. The molecule has 0 saturated carbocycles. The van der Waals surface area contributed by atoms with Crippen molar-refractivity contribution in [3.05, 3.63) is 34.9 Å². The van der Waals surface area contributed by atoms with E-state index in [2.05, 4.69) is 42.4 Å². The van der Waals surface area contributed by atoms with Crippen LogP contribution in [0.5, 0.6) is 0 Å². The summed E-state index contributed by atoms with van der Waals surface area (Å²) in [5.41, 5.74) is 2.22. The molecule has 2 aromatic heterocycles. The highest BCUT2D eigenvalue weighted by Crippen LogP contribution is 2.20. The molecule has 0 unspecified atom stereocenters. The van der Waals surface area contributed by atoms with Gasteiger partial charge in [0.15, 0.2) is 5.15 Å². The van der Waals surface area contributed by atoms with E-state index in [1.54, 1.807) is 0 Å². The third kappa shape index (κ3) is 2.00. The van der Waals surface area contributed by atoms with Crippen LogP contribution in [0.4, 0.5) is 0 Å². The van der Waals surface area contributed by atoms with E-state index < -0.39 is 0 Å². The van der Waals surface area contributed by atoms with Gasteiger partial charge in [0.25, 0.3) is 0 Å². The molecule has 0 N–H and O–H groups in total. The summed E-state index contributed by atoms with van der Waals surface area (Å²) < 4.78 is 2.09. The smallest absolute Gasteiger partial charge is 0.155 e. The zero-order valence-corrected chi connectivity index (χ0v) is 10.0. The second-order valence-corrected chi connectivity index (χ2v) is 4.74. The Hall–Kier alpha value is -1.02. The van der Waals surface area contributed by atoms with Crippen molar-refractivity contribution in [2.24, 2.45) is 5.92 Å². The van der Waals surface area contributed by atoms with Crippen molar-refractivity contribution < 1.29 is 0 Å². The van der Waals surface area contributed by atoms with Crippen LogP contribution < -0.4 is 0 Å². The Morgan fingerprint density at radius 3 is 2.80 bits per heavy atom. The number of hydrogen-bond donors (Lipinski definition) is 0. The zero-order valence-electron chi connectivity index (χ0n) is 9.29. The molecular weight excluding hydrogens is 208 g/mol. The van der Waals surface area contributed by atoms with Gasteiger partial charge in [-0.05, 0) is 24.5 Å². The van der Waals surface area contributed by atoms with Gasteiger partial charge in [0.2, 0.25) is 0 Å². The van der Waals surface area contributed by atoms with Crippen LogP contribution in [0.3, 0.4) is 0 Å². The molecule has 0 atom stereocenters. The average molecular weight is 223 g/mol. The average Bonchev–Trinajstić information content (AvgIpc) is 2.42. The number of fused-ring (bicyclic) bond motifs is 1. The molecule has 15 heavy (non-hydrogen) atoms. The van der Waals surface area contributed by atoms with Gasteiger partial charge in [0.1, 0.15) is 5.82 Å². The van der Waals surface area contributed by atoms with E-state index in [-0.39, 0.29) is 0 Å². The van der Waals surface area contributed by atoms with Crippen molar-refractivity contribution in [2.75, 3.05) is 0 Å². The molecule has 2 aromatic rings. The molecule has 0 aliphatic heterocycles. The second kappa shape index (κ2) is 3.86. The maximum Gasteiger partial charge on any atom is 0.155 e. The predicted molar refractivity (Wildman–Crippen MR) is 63.5 cm³/mol. The Labute approximate surface area is 94.9 Å². The summed E-state index contributed by atoms with van der Waals surface area (Å²) in [5, 5.41) is 0.602. The minimum atomic E-state index is 0.590. The Kier molecular flexibility index (Phi) is 2.70. The molecule has 2 nitrogen and oxygen atoms in total. The molecule has 0 aromatic carbocycles. The van der Waals surface area contributed by atoms with Gasteiger partial charge in [-0.1, -0.05) is 31.5 Å². The van der Waals surface area contributed by atoms with Gasteiger partial charge in [-0.2, -0.15) is 0 Å². The first-order chi connectivity index (χ1) is 7.08. The first-order valence-electron chi connectivity index (χ1n) is 5.21. The zero-order chi connectivity index (χ0) is 11.0. The number of halogens is 1. The highest BCUT2D eigenvalue weighted by Gasteiger charge is 2.10. The largest absolute Gasteiger partial charge is 0.302 e. The summed E-state index contributed by atoms with van der Waals surface area (Å²) in [5.74, 6) is 1.64. The molecule has 0 aliphatic carbocycles. The van der Waals surface area contributed by atoms with Crippen LogP contribution in [0.25, 0.3) is 5.52 Å². The van der Waals surface area contributed by atoms with Gasteiger partial charge < -0.3 is 4.40 Å². The summed E-state index contributed by atoms with van der Waals surface area (Å²) in [7, 11) is 0. The Morgan fingerprint density at radius 1 is 1.40 bits per heavy atom. The third-order valence-corrected chi connectivity index (χ3v) is 2.68. The maximum absolute atomic E-state index is 6.08. The van der Waals surface area contributed by atoms with Gasteiger partial charge in [-0.15, -0.1) is 0 Å². The van der Waals surface area contributed by atoms with Crippen LogP contribution in [0, 0.1) is 12.8 Å². The molecule has 0 saturated heterocycles. The van der Waals surface area contributed by atoms with Crippen LogP contribution in [-0.2, 0) is 6.42 Å². The molecule has 0 aliphatic rings. The number of nitrogens with zero attached hydrogens (tertiary/aromatic N) is 2. The maximum atomic E-state index is 6.08. The van der Waals surface area contributed by atoms with Crippen molar-refractivity contribution in [3.8, 4) is 0 Å². The lowest BCUT2D eigenvalue weighted by Gasteiger charge is -2.04. The Morgan fingerprint density at radius 2 is 2.13 bits per heavy atom. The highest BCUT2D eigenvalue weighted by atomic mass is 35.5. The van der Waals surface area contributed by atoms with Gasteiger partial charge in [0, 0.05) is 12.6 Å². The molecular formula is C12H15ClN2. The minimum absolute atomic E-state index is 0.590. The van der Waals surface area contributed by atoms with E-state index in [4.69, 9.17) is 11.6 Å². The lowest BCUT2D eigenvalue weighted by Crippen LogP contribution is -2.00. The van der Waals surface area contributed by atoms with E-state index >= 15 is 0 Å². The van der Waals surface area contributed by atoms with Crippen molar-refractivity contribution in [1.82, 2.24) is 9.38 Å². The van der Waals surface area contributed by atoms with Crippen molar-refractivity contribution in [1.29, 1.82) is 0 Å². The Bertz CT molecular complexity index is 486. The first-order valence-corrected chi connectivity index (χ1v) is 5.59. The molecule has 0 spiro atoms. The van der Waals surface area contributed by atoms with Crippen LogP contribution in [0.1, 0.15) is 25.2 Å². The molecule has 0 amide bonds. The molecule has 80 valence electrons. The van der Waals surface area contributed by atoms with Gasteiger partial charge >= 0.3 is 0 Å². The van der Waals surface area contributed by atoms with Gasteiger partial charge in [-0.25, -0.2) is 4.98 Å². The quantitative estimate of drug-likeness (QED) is 0.760. The van der Waals surface area contributed by atoms with Gasteiger partial charge in [0.05, 0.1) is 5.52 Å². The summed E-state index contributed by atoms with van der Waals surface area (Å²) in [4.78, 5) is 4.40. The van der Waals surface area contributed by atoms with Crippen LogP contribution >= 0.6 is 11.6 Å². The standard InChI is InChI=1S/C12H15ClN2/c1-8(2)6-11-14-12(13)10-5-4-9(3)7-15(10)11/h4-5,7-8H,6H2,1-3H3. The molecule has 3 heteroatoms. The van der Waals surface area contributed by atoms with E-state index in [1.165, 1.54) is 5.56 Å². The lowest BCUT2D eigenvalue weighted by atomic mass is 10.1. The number of imidazole rings is 1. The highest BCUT2D eigenvalue weighted by molar-refractivity contribution is 6.32. The monoisotopic (exact) mass is 222 g/mol.